The van der Waals surface area contributed by atoms with Crippen LogP contribution >= 0.6 is 0 Å². The Morgan fingerprint density at radius 2 is 1.28 bits per heavy atom. The number of nitrogens with zero attached hydrogens (tertiary/aromatic N) is 1. The van der Waals surface area contributed by atoms with E-state index in [0.717, 1.165) is 40.7 Å². The first kappa shape index (κ1) is 22.7. The molecule has 1 fully saturated rings. The summed E-state index contributed by atoms with van der Waals surface area (Å²) in [6, 6.07) is 23.2. The van der Waals surface area contributed by atoms with Crippen molar-refractivity contribution in [1.29, 1.82) is 0 Å². The molecule has 0 aromatic heterocycles. The van der Waals surface area contributed by atoms with Gasteiger partial charge in [0.15, 0.2) is 0 Å². The number of nitrogens with one attached hydrogen (secondary N) is 1. The van der Waals surface area contributed by atoms with Crippen LogP contribution in [0.4, 0.5) is 5.69 Å². The summed E-state index contributed by atoms with van der Waals surface area (Å²) in [4.78, 5) is 43.2. The Labute approximate surface area is 211 Å². The van der Waals surface area contributed by atoms with Crippen LogP contribution in [0.15, 0.2) is 72.8 Å². The van der Waals surface area contributed by atoms with Gasteiger partial charge in [0.2, 0.25) is 17.7 Å². The molecule has 1 saturated heterocycles. The van der Waals surface area contributed by atoms with Gasteiger partial charge < -0.3 is 5.32 Å². The summed E-state index contributed by atoms with van der Waals surface area (Å²) in [6.45, 7) is 3.99. The second-order valence-electron chi connectivity index (χ2n) is 10.3. The molecule has 1 heterocycles. The van der Waals surface area contributed by atoms with Gasteiger partial charge in [0.1, 0.15) is 6.04 Å². The SMILES string of the molecule is CCCC[C@H](C(=O)Nc1ccccc1C)N1C(=O)[C@H]2C3c4ccccc4C(c4ccccc43)[C@@H]2C1=O. The number of rotatable bonds is 6. The number of amides is 3. The lowest BCUT2D eigenvalue weighted by molar-refractivity contribution is -0.147. The van der Waals surface area contributed by atoms with E-state index in [1.54, 1.807) is 0 Å². The largest absolute Gasteiger partial charge is 0.324 e. The number of benzene rings is 3. The van der Waals surface area contributed by atoms with Gasteiger partial charge in [0, 0.05) is 17.5 Å². The molecule has 3 aliphatic carbocycles. The van der Waals surface area contributed by atoms with E-state index in [-0.39, 0.29) is 29.6 Å². The Balaban J connectivity index is 1.41. The topological polar surface area (TPSA) is 66.5 Å². The normalized spacial score (nSPS) is 24.2. The van der Waals surface area contributed by atoms with Crippen molar-refractivity contribution < 1.29 is 14.4 Å². The highest BCUT2D eigenvalue weighted by molar-refractivity contribution is 6.11. The van der Waals surface area contributed by atoms with Crippen molar-refractivity contribution >= 4 is 23.4 Å². The van der Waals surface area contributed by atoms with E-state index < -0.39 is 17.9 Å². The standard InChI is InChI=1S/C31H30N2O3/c1-3-4-17-24(29(34)32-23-16-10-5-11-18(23)2)33-30(35)27-25-19-12-6-7-13-20(19)26(28(27)31(33)36)22-15-9-8-14-21(22)25/h5-16,24-28H,3-4,17H2,1-2H3,(H,32,34)/t24-,25?,26?,27+,28+/m1/s1. The quantitative estimate of drug-likeness (QED) is 0.484. The van der Waals surface area contributed by atoms with Crippen LogP contribution < -0.4 is 5.32 Å². The molecule has 1 N–H and O–H groups in total. The van der Waals surface area contributed by atoms with Crippen LogP contribution in [0, 0.1) is 18.8 Å². The fourth-order valence-corrected chi connectivity index (χ4v) is 6.71. The van der Waals surface area contributed by atoms with E-state index >= 15 is 0 Å². The minimum atomic E-state index is -0.819. The van der Waals surface area contributed by atoms with Crippen LogP contribution in [0.1, 0.15) is 65.8 Å². The van der Waals surface area contributed by atoms with E-state index in [2.05, 4.69) is 36.5 Å². The minimum absolute atomic E-state index is 0.167. The molecule has 5 heteroatoms. The zero-order chi connectivity index (χ0) is 25.0. The van der Waals surface area contributed by atoms with E-state index in [1.165, 1.54) is 4.90 Å². The number of imide groups is 1. The Morgan fingerprint density at radius 1 is 0.806 bits per heavy atom. The molecule has 0 saturated carbocycles. The maximum Gasteiger partial charge on any atom is 0.247 e. The third kappa shape index (κ3) is 3.25. The van der Waals surface area contributed by atoms with Crippen molar-refractivity contribution in [2.45, 2.75) is 51.0 Å². The number of para-hydroxylation sites is 1. The molecule has 182 valence electrons. The highest BCUT2D eigenvalue weighted by Gasteiger charge is 2.62. The molecule has 0 radical (unpaired) electrons. The third-order valence-corrected chi connectivity index (χ3v) is 8.33. The average molecular weight is 479 g/mol. The molecular weight excluding hydrogens is 448 g/mol. The van der Waals surface area contributed by atoms with Crippen molar-refractivity contribution in [2.75, 3.05) is 5.32 Å². The molecule has 36 heavy (non-hydrogen) atoms. The number of carbonyl (C=O) groups excluding carboxylic acids is 3. The van der Waals surface area contributed by atoms with Crippen LogP contribution in [-0.4, -0.2) is 28.7 Å². The lowest BCUT2D eigenvalue weighted by Gasteiger charge is -2.45. The first-order chi connectivity index (χ1) is 17.5. The van der Waals surface area contributed by atoms with E-state index in [0.29, 0.717) is 12.1 Å². The molecule has 7 rings (SSSR count). The molecule has 0 spiro atoms. The summed E-state index contributed by atoms with van der Waals surface area (Å²) >= 11 is 0. The number of anilines is 1. The zero-order valence-electron chi connectivity index (χ0n) is 20.6. The summed E-state index contributed by atoms with van der Waals surface area (Å²) in [7, 11) is 0. The molecule has 0 unspecified atom stereocenters. The maximum atomic E-state index is 14.1. The molecule has 3 atom stereocenters. The molecule has 2 bridgehead atoms. The number of aryl methyl sites for hydroxylation is 1. The Morgan fingerprint density at radius 3 is 1.75 bits per heavy atom. The highest BCUT2D eigenvalue weighted by atomic mass is 16.2. The molecule has 5 nitrogen and oxygen atoms in total. The smallest absolute Gasteiger partial charge is 0.247 e. The van der Waals surface area contributed by atoms with Crippen LogP contribution in [0.5, 0.6) is 0 Å². The van der Waals surface area contributed by atoms with E-state index in [1.807, 2.05) is 55.5 Å². The van der Waals surface area contributed by atoms with E-state index in [9.17, 15) is 14.4 Å². The molecule has 1 aliphatic heterocycles. The lowest BCUT2D eigenvalue weighted by atomic mass is 9.55. The van der Waals surface area contributed by atoms with Crippen molar-refractivity contribution in [1.82, 2.24) is 4.90 Å². The zero-order valence-corrected chi connectivity index (χ0v) is 20.6. The van der Waals surface area contributed by atoms with Gasteiger partial charge in [-0.25, -0.2) is 0 Å². The summed E-state index contributed by atoms with van der Waals surface area (Å²) < 4.78 is 0. The first-order valence-corrected chi connectivity index (χ1v) is 12.9. The van der Waals surface area contributed by atoms with Crippen LogP contribution in [-0.2, 0) is 14.4 Å². The summed E-state index contributed by atoms with van der Waals surface area (Å²) in [5.74, 6) is -1.97. The summed E-state index contributed by atoms with van der Waals surface area (Å²) in [5, 5.41) is 3.01. The van der Waals surface area contributed by atoms with Gasteiger partial charge in [-0.1, -0.05) is 86.5 Å². The Bertz CT molecular complexity index is 1260. The molecule has 3 aromatic carbocycles. The monoisotopic (exact) mass is 478 g/mol. The minimum Gasteiger partial charge on any atom is -0.324 e. The Hall–Kier alpha value is -3.73. The fourth-order valence-electron chi connectivity index (χ4n) is 6.71. The second-order valence-corrected chi connectivity index (χ2v) is 10.3. The predicted molar refractivity (Wildman–Crippen MR) is 139 cm³/mol. The van der Waals surface area contributed by atoms with Crippen LogP contribution in [0.2, 0.25) is 0 Å². The molecule has 3 amide bonds. The van der Waals surface area contributed by atoms with Crippen LogP contribution in [0.3, 0.4) is 0 Å². The van der Waals surface area contributed by atoms with Gasteiger partial charge in [0.05, 0.1) is 11.8 Å². The number of hydrogen-bond donors (Lipinski definition) is 1. The molecule has 3 aromatic rings. The fraction of sp³-hybridized carbons (Fsp3) is 0.323. The van der Waals surface area contributed by atoms with Crippen LogP contribution in [0.25, 0.3) is 0 Å². The number of likely N-dealkylation sites (tertiary alicyclic amines) is 1. The Kier molecular flexibility index (Phi) is 5.51. The predicted octanol–water partition coefficient (Wildman–Crippen LogP) is 5.38. The van der Waals surface area contributed by atoms with Gasteiger partial charge in [0.25, 0.3) is 0 Å². The number of unbranched alkanes of at least 4 members (excludes halogenated alkanes) is 1. The van der Waals surface area contributed by atoms with Crippen molar-refractivity contribution in [3.63, 3.8) is 0 Å². The second kappa shape index (κ2) is 8.74. The van der Waals surface area contributed by atoms with Crippen molar-refractivity contribution in [3.8, 4) is 0 Å². The lowest BCUT2D eigenvalue weighted by Crippen LogP contribution is -2.48. The van der Waals surface area contributed by atoms with Crippen molar-refractivity contribution in [2.24, 2.45) is 11.8 Å². The molecular formula is C31H30N2O3. The van der Waals surface area contributed by atoms with Gasteiger partial charge in [-0.2, -0.15) is 0 Å². The first-order valence-electron chi connectivity index (χ1n) is 12.9. The van der Waals surface area contributed by atoms with Gasteiger partial charge in [-0.05, 0) is 47.2 Å². The average Bonchev–Trinajstić information content (AvgIpc) is 3.16. The number of carbonyl (C=O) groups is 3. The van der Waals surface area contributed by atoms with Gasteiger partial charge >= 0.3 is 0 Å². The van der Waals surface area contributed by atoms with Crippen molar-refractivity contribution in [3.05, 3.63) is 101 Å². The van der Waals surface area contributed by atoms with Gasteiger partial charge in [-0.15, -0.1) is 0 Å². The number of hydrogen-bond acceptors (Lipinski definition) is 3. The summed E-state index contributed by atoms with van der Waals surface area (Å²) in [6.07, 6.45) is 2.09. The molecule has 4 aliphatic rings. The summed E-state index contributed by atoms with van der Waals surface area (Å²) in [5.41, 5.74) is 6.21. The van der Waals surface area contributed by atoms with Gasteiger partial charge in [-0.3, -0.25) is 19.3 Å². The maximum absolute atomic E-state index is 14.1. The van der Waals surface area contributed by atoms with E-state index in [4.69, 9.17) is 0 Å². The third-order valence-electron chi connectivity index (χ3n) is 8.33. The highest BCUT2D eigenvalue weighted by Crippen LogP contribution is 2.61.